The van der Waals surface area contributed by atoms with E-state index < -0.39 is 24.5 Å². The number of ether oxygens (including phenoxy) is 2. The topological polar surface area (TPSA) is 149 Å². The number of benzene rings is 3. The molecule has 3 rings (SSSR count). The van der Waals surface area contributed by atoms with E-state index in [1.165, 1.54) is 24.3 Å². The first kappa shape index (κ1) is 24.8. The number of amides is 4. The summed E-state index contributed by atoms with van der Waals surface area (Å²) >= 11 is 0. The van der Waals surface area contributed by atoms with Gasteiger partial charge >= 0.3 is 12.0 Å². The van der Waals surface area contributed by atoms with Gasteiger partial charge in [-0.15, -0.1) is 0 Å². The number of anilines is 3. The third kappa shape index (κ3) is 7.60. The van der Waals surface area contributed by atoms with Crippen LogP contribution in [0, 0.1) is 0 Å². The minimum Gasteiger partial charge on any atom is -0.494 e. The van der Waals surface area contributed by atoms with Crippen LogP contribution in [0.2, 0.25) is 0 Å². The molecule has 0 aliphatic heterocycles. The first-order chi connectivity index (χ1) is 16.8. The molecule has 0 unspecified atom stereocenters. The first-order valence-corrected chi connectivity index (χ1v) is 10.6. The van der Waals surface area contributed by atoms with E-state index in [0.717, 1.165) is 0 Å². The van der Waals surface area contributed by atoms with E-state index in [0.29, 0.717) is 35.0 Å². The number of hydrogen-bond acceptors (Lipinski definition) is 6. The number of nitrogens with two attached hydrogens (primary N) is 1. The average Bonchev–Trinajstić information content (AvgIpc) is 2.84. The van der Waals surface area contributed by atoms with Gasteiger partial charge in [-0.2, -0.15) is 0 Å². The molecule has 5 N–H and O–H groups in total. The predicted molar refractivity (Wildman–Crippen MR) is 131 cm³/mol. The molecule has 0 aliphatic carbocycles. The van der Waals surface area contributed by atoms with Crippen molar-refractivity contribution in [1.29, 1.82) is 0 Å². The molecule has 4 amide bonds. The van der Waals surface area contributed by atoms with Crippen molar-refractivity contribution in [1.82, 2.24) is 0 Å². The molecular weight excluding hydrogens is 452 g/mol. The maximum atomic E-state index is 12.4. The van der Waals surface area contributed by atoms with E-state index in [9.17, 15) is 19.2 Å². The molecule has 0 radical (unpaired) electrons. The zero-order valence-corrected chi connectivity index (χ0v) is 18.9. The quantitative estimate of drug-likeness (QED) is 0.347. The second-order valence-corrected chi connectivity index (χ2v) is 7.18. The van der Waals surface area contributed by atoms with Crippen molar-refractivity contribution in [2.45, 2.75) is 6.92 Å². The van der Waals surface area contributed by atoms with Gasteiger partial charge in [-0.1, -0.05) is 0 Å². The summed E-state index contributed by atoms with van der Waals surface area (Å²) in [6.45, 7) is 1.95. The normalized spacial score (nSPS) is 10.1. The third-order valence-corrected chi connectivity index (χ3v) is 4.58. The number of primary amides is 1. The van der Waals surface area contributed by atoms with Gasteiger partial charge in [0.15, 0.2) is 6.61 Å². The summed E-state index contributed by atoms with van der Waals surface area (Å²) in [4.78, 5) is 47.5. The smallest absolute Gasteiger partial charge is 0.338 e. The Labute approximate surface area is 201 Å². The fourth-order valence-electron chi connectivity index (χ4n) is 2.95. The Morgan fingerprint density at radius 3 is 1.80 bits per heavy atom. The highest BCUT2D eigenvalue weighted by molar-refractivity contribution is 6.04. The molecule has 180 valence electrons. The summed E-state index contributed by atoms with van der Waals surface area (Å²) in [6.07, 6.45) is 0. The zero-order valence-electron chi connectivity index (χ0n) is 18.9. The summed E-state index contributed by atoms with van der Waals surface area (Å²) < 4.78 is 10.4. The minimum absolute atomic E-state index is 0.204. The molecule has 35 heavy (non-hydrogen) atoms. The van der Waals surface area contributed by atoms with Crippen molar-refractivity contribution in [3.63, 3.8) is 0 Å². The van der Waals surface area contributed by atoms with E-state index in [1.807, 2.05) is 6.92 Å². The molecule has 0 bridgehead atoms. The monoisotopic (exact) mass is 476 g/mol. The fraction of sp³-hybridized carbons (Fsp3) is 0.120. The van der Waals surface area contributed by atoms with Crippen molar-refractivity contribution < 1.29 is 28.7 Å². The van der Waals surface area contributed by atoms with Crippen LogP contribution < -0.4 is 26.4 Å². The molecule has 10 nitrogen and oxygen atoms in total. The van der Waals surface area contributed by atoms with Crippen molar-refractivity contribution in [3.8, 4) is 5.75 Å². The van der Waals surface area contributed by atoms with Gasteiger partial charge in [-0.3, -0.25) is 9.59 Å². The van der Waals surface area contributed by atoms with Gasteiger partial charge in [0, 0.05) is 22.6 Å². The molecule has 3 aromatic rings. The fourth-order valence-corrected chi connectivity index (χ4v) is 2.95. The van der Waals surface area contributed by atoms with E-state index in [4.69, 9.17) is 15.2 Å². The Bertz CT molecular complexity index is 1190. The van der Waals surface area contributed by atoms with E-state index >= 15 is 0 Å². The second kappa shape index (κ2) is 11.8. The Morgan fingerprint density at radius 1 is 0.714 bits per heavy atom. The van der Waals surface area contributed by atoms with Gasteiger partial charge in [0.1, 0.15) is 5.75 Å². The SMILES string of the molecule is CCOc1ccc(NC(=O)c2ccc(NC(=O)COC(=O)c3ccc(NC(N)=O)cc3)cc2)cc1. The van der Waals surface area contributed by atoms with Crippen LogP contribution in [-0.2, 0) is 9.53 Å². The van der Waals surface area contributed by atoms with Gasteiger partial charge in [0.25, 0.3) is 11.8 Å². The third-order valence-electron chi connectivity index (χ3n) is 4.58. The van der Waals surface area contributed by atoms with Crippen LogP contribution >= 0.6 is 0 Å². The molecule has 0 fully saturated rings. The summed E-state index contributed by atoms with van der Waals surface area (Å²) in [7, 11) is 0. The lowest BCUT2D eigenvalue weighted by atomic mass is 10.2. The van der Waals surface area contributed by atoms with Crippen LogP contribution in [-0.4, -0.2) is 37.0 Å². The zero-order chi connectivity index (χ0) is 25.2. The van der Waals surface area contributed by atoms with Crippen LogP contribution in [0.4, 0.5) is 21.9 Å². The summed E-state index contributed by atoms with van der Waals surface area (Å²) in [6, 6.07) is 18.4. The highest BCUT2D eigenvalue weighted by Gasteiger charge is 2.12. The molecule has 10 heteroatoms. The Kier molecular flexibility index (Phi) is 8.38. The van der Waals surface area contributed by atoms with Crippen LogP contribution in [0.1, 0.15) is 27.6 Å². The lowest BCUT2D eigenvalue weighted by molar-refractivity contribution is -0.119. The maximum Gasteiger partial charge on any atom is 0.338 e. The van der Waals surface area contributed by atoms with Crippen molar-refractivity contribution in [3.05, 3.63) is 83.9 Å². The van der Waals surface area contributed by atoms with Crippen molar-refractivity contribution >= 4 is 40.9 Å². The first-order valence-electron chi connectivity index (χ1n) is 10.6. The van der Waals surface area contributed by atoms with E-state index in [1.54, 1.807) is 48.5 Å². The number of esters is 1. The van der Waals surface area contributed by atoms with Gasteiger partial charge in [-0.25, -0.2) is 9.59 Å². The number of urea groups is 1. The van der Waals surface area contributed by atoms with Gasteiger partial charge in [0.2, 0.25) is 0 Å². The average molecular weight is 476 g/mol. The van der Waals surface area contributed by atoms with Crippen molar-refractivity contribution in [2.24, 2.45) is 5.73 Å². The molecule has 0 saturated heterocycles. The highest BCUT2D eigenvalue weighted by atomic mass is 16.5. The molecule has 0 aliphatic rings. The Hall–Kier alpha value is -4.86. The summed E-state index contributed by atoms with van der Waals surface area (Å²) in [5.41, 5.74) is 7.11. The standard InChI is InChI=1S/C25H24N4O6/c1-2-34-21-13-11-19(12-14-21)28-23(31)16-3-7-18(8-4-16)27-22(30)15-35-24(32)17-5-9-20(10-6-17)29-25(26)33/h3-14H,2,15H2,1H3,(H,27,30)(H,28,31)(H3,26,29,33). The highest BCUT2D eigenvalue weighted by Crippen LogP contribution is 2.17. The minimum atomic E-state index is -0.724. The predicted octanol–water partition coefficient (Wildman–Crippen LogP) is 3.62. The number of nitrogens with one attached hydrogen (secondary N) is 3. The van der Waals surface area contributed by atoms with Crippen LogP contribution in [0.15, 0.2) is 72.8 Å². The van der Waals surface area contributed by atoms with Crippen molar-refractivity contribution in [2.75, 3.05) is 29.2 Å². The molecular formula is C25H24N4O6. The molecule has 0 saturated carbocycles. The summed E-state index contributed by atoms with van der Waals surface area (Å²) in [5, 5.41) is 7.74. The molecule has 0 aromatic heterocycles. The second-order valence-electron chi connectivity index (χ2n) is 7.18. The molecule has 3 aromatic carbocycles. The molecule has 0 heterocycles. The van der Waals surface area contributed by atoms with E-state index in [2.05, 4.69) is 16.0 Å². The number of carbonyl (C=O) groups excluding carboxylic acids is 4. The van der Waals surface area contributed by atoms with Crippen LogP contribution in [0.5, 0.6) is 5.75 Å². The van der Waals surface area contributed by atoms with Crippen LogP contribution in [0.25, 0.3) is 0 Å². The van der Waals surface area contributed by atoms with Crippen LogP contribution in [0.3, 0.4) is 0 Å². The maximum absolute atomic E-state index is 12.4. The van der Waals surface area contributed by atoms with Gasteiger partial charge in [0.05, 0.1) is 12.2 Å². The molecule has 0 spiro atoms. The lowest BCUT2D eigenvalue weighted by Crippen LogP contribution is -2.21. The van der Waals surface area contributed by atoms with Gasteiger partial charge in [-0.05, 0) is 79.7 Å². The Morgan fingerprint density at radius 2 is 1.23 bits per heavy atom. The number of hydrogen-bond donors (Lipinski definition) is 4. The summed E-state index contributed by atoms with van der Waals surface area (Å²) in [5.74, 6) is -0.839. The largest absolute Gasteiger partial charge is 0.494 e. The number of rotatable bonds is 9. The Balaban J connectivity index is 1.47. The molecule has 0 atom stereocenters. The number of carbonyl (C=O) groups is 4. The van der Waals surface area contributed by atoms with Gasteiger partial charge < -0.3 is 31.2 Å². The van der Waals surface area contributed by atoms with E-state index in [-0.39, 0.29) is 11.5 Å². The lowest BCUT2D eigenvalue weighted by Gasteiger charge is -2.09.